The first-order chi connectivity index (χ1) is 8.50. The molecule has 1 aromatic heterocycles. The number of hydrogen-bond acceptors (Lipinski definition) is 3. The van der Waals surface area contributed by atoms with Crippen molar-refractivity contribution in [1.82, 2.24) is 9.78 Å². The van der Waals surface area contributed by atoms with Crippen molar-refractivity contribution in [3.63, 3.8) is 0 Å². The van der Waals surface area contributed by atoms with Crippen molar-refractivity contribution in [2.45, 2.75) is 6.92 Å². The molecule has 2 rings (SSSR count). The van der Waals surface area contributed by atoms with Crippen LogP contribution in [0.2, 0.25) is 0 Å². The van der Waals surface area contributed by atoms with Crippen molar-refractivity contribution in [2.24, 2.45) is 0 Å². The number of rotatable bonds is 3. The smallest absolute Gasteiger partial charge is 0.357 e. The molecule has 6 nitrogen and oxygen atoms in total. The molecule has 0 bridgehead atoms. The van der Waals surface area contributed by atoms with E-state index in [-0.39, 0.29) is 5.56 Å². The molecule has 0 radical (unpaired) electrons. The number of carboxylic acids is 2. The van der Waals surface area contributed by atoms with Crippen LogP contribution in [-0.2, 0) is 0 Å². The van der Waals surface area contributed by atoms with E-state index in [2.05, 4.69) is 5.10 Å². The van der Waals surface area contributed by atoms with Crippen LogP contribution in [0.1, 0.15) is 26.4 Å². The lowest BCUT2D eigenvalue weighted by molar-refractivity contribution is 0.0648. The van der Waals surface area contributed by atoms with Crippen LogP contribution in [-0.4, -0.2) is 31.9 Å². The lowest BCUT2D eigenvalue weighted by Gasteiger charge is -2.04. The Balaban J connectivity index is 2.61. The molecule has 0 spiro atoms. The Kier molecular flexibility index (Phi) is 2.85. The van der Waals surface area contributed by atoms with Crippen LogP contribution in [0.3, 0.4) is 0 Å². The Morgan fingerprint density at radius 1 is 1.17 bits per heavy atom. The summed E-state index contributed by atoms with van der Waals surface area (Å²) in [6, 6.07) is 7.17. The molecule has 0 aliphatic heterocycles. The van der Waals surface area contributed by atoms with Crippen LogP contribution < -0.4 is 0 Å². The summed E-state index contributed by atoms with van der Waals surface area (Å²) in [6.45, 7) is 1.83. The summed E-state index contributed by atoms with van der Waals surface area (Å²) >= 11 is 0. The molecule has 0 atom stereocenters. The summed E-state index contributed by atoms with van der Waals surface area (Å²) in [5.41, 5.74) is 0.720. The lowest BCUT2D eigenvalue weighted by Crippen LogP contribution is -2.06. The second-order valence-electron chi connectivity index (χ2n) is 3.73. The molecule has 6 heteroatoms. The minimum atomic E-state index is -1.36. The zero-order valence-electron chi connectivity index (χ0n) is 9.49. The number of aromatic carboxylic acids is 2. The van der Waals surface area contributed by atoms with Crippen molar-refractivity contribution < 1.29 is 19.8 Å². The normalized spacial score (nSPS) is 10.3. The Labute approximate surface area is 102 Å². The molecule has 1 aromatic carbocycles. The molecule has 1 heterocycles. The maximum Gasteiger partial charge on any atom is 0.357 e. The molecule has 2 aromatic rings. The van der Waals surface area contributed by atoms with Gasteiger partial charge in [0.2, 0.25) is 0 Å². The fourth-order valence-electron chi connectivity index (χ4n) is 1.63. The minimum Gasteiger partial charge on any atom is -0.478 e. The summed E-state index contributed by atoms with van der Waals surface area (Å²) in [6.07, 6.45) is 1.20. The van der Waals surface area contributed by atoms with E-state index in [1.54, 1.807) is 12.1 Å². The van der Waals surface area contributed by atoms with Crippen LogP contribution in [0.5, 0.6) is 0 Å². The first-order valence-electron chi connectivity index (χ1n) is 5.13. The third-order valence-electron chi connectivity index (χ3n) is 2.51. The Bertz CT molecular complexity index is 599. The van der Waals surface area contributed by atoms with Gasteiger partial charge in [-0.25, -0.2) is 14.3 Å². The average molecular weight is 246 g/mol. The van der Waals surface area contributed by atoms with Gasteiger partial charge < -0.3 is 10.2 Å². The Morgan fingerprint density at radius 2 is 1.83 bits per heavy atom. The number of aryl methyl sites for hydroxylation is 1. The van der Waals surface area contributed by atoms with Gasteiger partial charge in [-0.15, -0.1) is 0 Å². The molecule has 92 valence electrons. The van der Waals surface area contributed by atoms with Crippen LogP contribution in [0, 0.1) is 6.92 Å². The number of hydrogen-bond donors (Lipinski definition) is 2. The summed E-state index contributed by atoms with van der Waals surface area (Å²) < 4.78 is 1.27. The zero-order chi connectivity index (χ0) is 13.3. The van der Waals surface area contributed by atoms with Crippen molar-refractivity contribution in [3.8, 4) is 5.69 Å². The third-order valence-corrected chi connectivity index (χ3v) is 2.51. The zero-order valence-corrected chi connectivity index (χ0v) is 9.49. The van der Waals surface area contributed by atoms with E-state index in [0.717, 1.165) is 5.56 Å². The Morgan fingerprint density at radius 3 is 2.33 bits per heavy atom. The predicted octanol–water partition coefficient (Wildman–Crippen LogP) is 1.58. The first kappa shape index (κ1) is 11.8. The number of para-hydroxylation sites is 1. The topological polar surface area (TPSA) is 92.4 Å². The van der Waals surface area contributed by atoms with Gasteiger partial charge in [0.25, 0.3) is 0 Å². The average Bonchev–Trinajstić information content (AvgIpc) is 2.74. The van der Waals surface area contributed by atoms with E-state index in [9.17, 15) is 9.59 Å². The van der Waals surface area contributed by atoms with Crippen LogP contribution in [0.15, 0.2) is 30.5 Å². The minimum absolute atomic E-state index is 0.328. The van der Waals surface area contributed by atoms with Crippen molar-refractivity contribution in [3.05, 3.63) is 47.3 Å². The first-order valence-corrected chi connectivity index (χ1v) is 5.13. The van der Waals surface area contributed by atoms with Gasteiger partial charge in [0.1, 0.15) is 5.56 Å². The highest BCUT2D eigenvalue weighted by Crippen LogP contribution is 2.16. The van der Waals surface area contributed by atoms with Gasteiger partial charge in [-0.1, -0.05) is 18.2 Å². The number of carbonyl (C=O) groups is 2. The molecular formula is C12H10N2O4. The van der Waals surface area contributed by atoms with Crippen LogP contribution >= 0.6 is 0 Å². The molecule has 0 amide bonds. The van der Waals surface area contributed by atoms with Crippen molar-refractivity contribution >= 4 is 11.9 Å². The van der Waals surface area contributed by atoms with Crippen LogP contribution in [0.25, 0.3) is 5.69 Å². The van der Waals surface area contributed by atoms with E-state index in [1.807, 2.05) is 19.1 Å². The summed E-state index contributed by atoms with van der Waals surface area (Å²) in [5, 5.41) is 21.6. The summed E-state index contributed by atoms with van der Waals surface area (Å²) in [5.74, 6) is -2.67. The van der Waals surface area contributed by atoms with Crippen molar-refractivity contribution in [2.75, 3.05) is 0 Å². The fraction of sp³-hybridized carbons (Fsp3) is 0.0833. The van der Waals surface area contributed by atoms with E-state index in [0.29, 0.717) is 5.69 Å². The highest BCUT2D eigenvalue weighted by molar-refractivity contribution is 6.00. The summed E-state index contributed by atoms with van der Waals surface area (Å²) in [4.78, 5) is 21.9. The predicted molar refractivity (Wildman–Crippen MR) is 62.2 cm³/mol. The fourth-order valence-corrected chi connectivity index (χ4v) is 1.63. The maximum atomic E-state index is 10.9. The standard InChI is InChI=1S/C12H10N2O4/c1-7-4-2-3-5-9(7)14-6-8(11(15)16)10(13-14)12(17)18/h2-6H,1H3,(H,15,16)(H,17,18). The van der Waals surface area contributed by atoms with Gasteiger partial charge in [0, 0.05) is 6.20 Å². The van der Waals surface area contributed by atoms with E-state index in [4.69, 9.17) is 10.2 Å². The van der Waals surface area contributed by atoms with Gasteiger partial charge >= 0.3 is 11.9 Å². The molecule has 18 heavy (non-hydrogen) atoms. The quantitative estimate of drug-likeness (QED) is 0.857. The van der Waals surface area contributed by atoms with E-state index >= 15 is 0 Å². The molecule has 0 saturated carbocycles. The highest BCUT2D eigenvalue weighted by Gasteiger charge is 2.21. The van der Waals surface area contributed by atoms with Gasteiger partial charge in [-0.2, -0.15) is 5.10 Å². The second kappa shape index (κ2) is 4.33. The van der Waals surface area contributed by atoms with Gasteiger partial charge in [0.15, 0.2) is 5.69 Å². The van der Waals surface area contributed by atoms with E-state index in [1.165, 1.54) is 10.9 Å². The molecule has 0 unspecified atom stereocenters. The van der Waals surface area contributed by atoms with Crippen LogP contribution in [0.4, 0.5) is 0 Å². The Hall–Kier alpha value is -2.63. The molecule has 0 fully saturated rings. The molecule has 0 aliphatic carbocycles. The molecule has 0 aliphatic rings. The molecule has 2 N–H and O–H groups in total. The second-order valence-corrected chi connectivity index (χ2v) is 3.73. The van der Waals surface area contributed by atoms with Crippen molar-refractivity contribution in [1.29, 1.82) is 0 Å². The molecular weight excluding hydrogens is 236 g/mol. The van der Waals surface area contributed by atoms with E-state index < -0.39 is 17.6 Å². The SMILES string of the molecule is Cc1ccccc1-n1cc(C(=O)O)c(C(=O)O)n1. The highest BCUT2D eigenvalue weighted by atomic mass is 16.4. The largest absolute Gasteiger partial charge is 0.478 e. The summed E-state index contributed by atoms with van der Waals surface area (Å²) in [7, 11) is 0. The number of nitrogens with zero attached hydrogens (tertiary/aromatic N) is 2. The molecule has 0 saturated heterocycles. The van der Waals surface area contributed by atoms with Gasteiger partial charge in [-0.3, -0.25) is 0 Å². The third kappa shape index (κ3) is 1.95. The van der Waals surface area contributed by atoms with Gasteiger partial charge in [0.05, 0.1) is 5.69 Å². The number of aromatic nitrogens is 2. The van der Waals surface area contributed by atoms with Gasteiger partial charge in [-0.05, 0) is 18.6 Å². The lowest BCUT2D eigenvalue weighted by atomic mass is 10.2. The number of carboxylic acid groups (broad SMARTS) is 2. The maximum absolute atomic E-state index is 10.9. The number of benzene rings is 1. The monoisotopic (exact) mass is 246 g/mol.